The van der Waals surface area contributed by atoms with Crippen molar-refractivity contribution >= 4 is 11.6 Å². The first-order valence-corrected chi connectivity index (χ1v) is 7.59. The van der Waals surface area contributed by atoms with Crippen LogP contribution in [0.2, 0.25) is 5.02 Å². The van der Waals surface area contributed by atoms with Crippen LogP contribution in [0, 0.1) is 5.41 Å². The number of benzene rings is 1. The van der Waals surface area contributed by atoms with Gasteiger partial charge in [0.25, 0.3) is 0 Å². The van der Waals surface area contributed by atoms with Crippen LogP contribution in [0.3, 0.4) is 0 Å². The van der Waals surface area contributed by atoms with Crippen LogP contribution in [0.15, 0.2) is 12.1 Å². The predicted molar refractivity (Wildman–Crippen MR) is 84.9 cm³/mol. The summed E-state index contributed by atoms with van der Waals surface area (Å²) in [5.41, 5.74) is 6.97. The molecule has 0 aromatic heterocycles. The van der Waals surface area contributed by atoms with Gasteiger partial charge in [0.2, 0.25) is 0 Å². The van der Waals surface area contributed by atoms with Crippen LogP contribution in [0.4, 0.5) is 0 Å². The summed E-state index contributed by atoms with van der Waals surface area (Å²) in [6.45, 7) is 10.1. The first-order valence-electron chi connectivity index (χ1n) is 7.21. The molecule has 1 aromatic carbocycles. The molecule has 0 amide bonds. The Hall–Kier alpha value is -0.930. The molecule has 0 aliphatic carbocycles. The van der Waals surface area contributed by atoms with E-state index in [0.29, 0.717) is 25.5 Å². The number of hydrogen-bond acceptors (Lipinski definition) is 3. The summed E-state index contributed by atoms with van der Waals surface area (Å²) in [4.78, 5) is 0. The maximum atomic E-state index is 6.34. The zero-order valence-electron chi connectivity index (χ0n) is 13.0. The number of aryl methyl sites for hydroxylation is 1. The molecule has 0 bridgehead atoms. The maximum absolute atomic E-state index is 6.34. The molecule has 1 rings (SSSR count). The fourth-order valence-corrected chi connectivity index (χ4v) is 2.13. The molecule has 0 radical (unpaired) electrons. The van der Waals surface area contributed by atoms with Gasteiger partial charge in [-0.3, -0.25) is 0 Å². The van der Waals surface area contributed by atoms with E-state index in [0.717, 1.165) is 29.2 Å². The topological polar surface area (TPSA) is 44.5 Å². The van der Waals surface area contributed by atoms with Gasteiger partial charge in [0.05, 0.1) is 13.2 Å². The lowest BCUT2D eigenvalue weighted by Gasteiger charge is -2.22. The van der Waals surface area contributed by atoms with E-state index < -0.39 is 0 Å². The number of nitrogens with two attached hydrogens (primary N) is 1. The third kappa shape index (κ3) is 4.88. The number of rotatable bonds is 8. The largest absolute Gasteiger partial charge is 0.490 e. The lowest BCUT2D eigenvalue weighted by molar-refractivity contribution is 0.287. The van der Waals surface area contributed by atoms with Gasteiger partial charge in [0.1, 0.15) is 0 Å². The fraction of sp³-hybridized carbons (Fsp3) is 0.625. The Kier molecular flexibility index (Phi) is 6.63. The van der Waals surface area contributed by atoms with Gasteiger partial charge in [-0.05, 0) is 50.3 Å². The van der Waals surface area contributed by atoms with Crippen LogP contribution in [-0.4, -0.2) is 19.8 Å². The lowest BCUT2D eigenvalue weighted by Crippen LogP contribution is -2.24. The monoisotopic (exact) mass is 299 g/mol. The molecule has 0 spiro atoms. The molecule has 114 valence electrons. The molecule has 20 heavy (non-hydrogen) atoms. The van der Waals surface area contributed by atoms with E-state index >= 15 is 0 Å². The molecule has 0 aliphatic rings. The highest BCUT2D eigenvalue weighted by atomic mass is 35.5. The quantitative estimate of drug-likeness (QED) is 0.787. The van der Waals surface area contributed by atoms with E-state index in [9.17, 15) is 0 Å². The molecule has 4 heteroatoms. The summed E-state index contributed by atoms with van der Waals surface area (Å²) in [7, 11) is 0. The Labute approximate surface area is 127 Å². The van der Waals surface area contributed by atoms with Crippen molar-refractivity contribution in [3.63, 3.8) is 0 Å². The molecule has 3 nitrogen and oxygen atoms in total. The van der Waals surface area contributed by atoms with Gasteiger partial charge in [0, 0.05) is 11.1 Å². The van der Waals surface area contributed by atoms with E-state index in [1.54, 1.807) is 0 Å². The molecule has 0 heterocycles. The van der Waals surface area contributed by atoms with E-state index in [4.69, 9.17) is 26.8 Å². The van der Waals surface area contributed by atoms with E-state index in [-0.39, 0.29) is 5.41 Å². The van der Waals surface area contributed by atoms with Gasteiger partial charge in [-0.15, -0.1) is 0 Å². The highest BCUT2D eigenvalue weighted by Crippen LogP contribution is 2.35. The molecule has 0 fully saturated rings. The molecule has 0 aliphatic heterocycles. The first-order chi connectivity index (χ1) is 9.43. The highest BCUT2D eigenvalue weighted by molar-refractivity contribution is 6.31. The summed E-state index contributed by atoms with van der Waals surface area (Å²) in [6.07, 6.45) is 1.87. The summed E-state index contributed by atoms with van der Waals surface area (Å²) >= 11 is 6.34. The van der Waals surface area contributed by atoms with E-state index in [2.05, 4.69) is 13.8 Å². The Balaban J connectivity index is 2.93. The van der Waals surface area contributed by atoms with Gasteiger partial charge >= 0.3 is 0 Å². The lowest BCUT2D eigenvalue weighted by atomic mass is 9.86. The van der Waals surface area contributed by atoms with Crippen molar-refractivity contribution in [2.24, 2.45) is 11.1 Å². The van der Waals surface area contributed by atoms with Crippen LogP contribution in [0.25, 0.3) is 0 Å². The summed E-state index contributed by atoms with van der Waals surface area (Å²) in [5, 5.41) is 0.727. The van der Waals surface area contributed by atoms with Crippen LogP contribution < -0.4 is 15.2 Å². The van der Waals surface area contributed by atoms with E-state index in [1.165, 1.54) is 0 Å². The third-order valence-corrected chi connectivity index (χ3v) is 3.69. The summed E-state index contributed by atoms with van der Waals surface area (Å²) in [5.74, 6) is 1.47. The van der Waals surface area contributed by atoms with Gasteiger partial charge in [-0.25, -0.2) is 0 Å². The minimum Gasteiger partial charge on any atom is -0.490 e. The first kappa shape index (κ1) is 17.1. The van der Waals surface area contributed by atoms with Crippen molar-refractivity contribution in [2.75, 3.05) is 19.8 Å². The Bertz CT molecular complexity index is 433. The standard InChI is InChI=1S/C16H26ClNO2/c1-5-19-14-9-12(7-8-16(3,4)11-18)13(17)10-15(14)20-6-2/h9-10H,5-8,11,18H2,1-4H3. The Morgan fingerprint density at radius 3 is 2.15 bits per heavy atom. The Morgan fingerprint density at radius 1 is 1.10 bits per heavy atom. The predicted octanol–water partition coefficient (Wildman–Crippen LogP) is 4.05. The average Bonchev–Trinajstić information content (AvgIpc) is 2.41. The van der Waals surface area contributed by atoms with Crippen molar-refractivity contribution in [3.8, 4) is 11.5 Å². The van der Waals surface area contributed by atoms with Gasteiger partial charge < -0.3 is 15.2 Å². The molecular formula is C16H26ClNO2. The van der Waals surface area contributed by atoms with Crippen LogP contribution >= 0.6 is 11.6 Å². The van der Waals surface area contributed by atoms with Gasteiger partial charge in [-0.1, -0.05) is 25.4 Å². The fourth-order valence-electron chi connectivity index (χ4n) is 1.88. The molecular weight excluding hydrogens is 274 g/mol. The van der Waals surface area contributed by atoms with Crippen LogP contribution in [-0.2, 0) is 6.42 Å². The van der Waals surface area contributed by atoms with Crippen molar-refractivity contribution in [1.29, 1.82) is 0 Å². The molecule has 1 aromatic rings. The maximum Gasteiger partial charge on any atom is 0.162 e. The summed E-state index contributed by atoms with van der Waals surface area (Å²) < 4.78 is 11.2. The van der Waals surface area contributed by atoms with Gasteiger partial charge in [-0.2, -0.15) is 0 Å². The number of hydrogen-bond donors (Lipinski definition) is 1. The van der Waals surface area contributed by atoms with Crippen molar-refractivity contribution in [2.45, 2.75) is 40.5 Å². The molecule has 0 saturated carbocycles. The number of ether oxygens (including phenoxy) is 2. The average molecular weight is 300 g/mol. The SMILES string of the molecule is CCOc1cc(Cl)c(CCC(C)(C)CN)cc1OCC. The van der Waals surface area contributed by atoms with Crippen LogP contribution in [0.1, 0.15) is 39.7 Å². The van der Waals surface area contributed by atoms with Crippen molar-refractivity contribution in [3.05, 3.63) is 22.7 Å². The minimum atomic E-state index is 0.119. The minimum absolute atomic E-state index is 0.119. The Morgan fingerprint density at radius 2 is 1.65 bits per heavy atom. The van der Waals surface area contributed by atoms with Crippen molar-refractivity contribution in [1.82, 2.24) is 0 Å². The molecule has 0 atom stereocenters. The molecule has 0 unspecified atom stereocenters. The summed E-state index contributed by atoms with van der Waals surface area (Å²) in [6, 6.07) is 3.84. The molecule has 0 saturated heterocycles. The van der Waals surface area contributed by atoms with Crippen molar-refractivity contribution < 1.29 is 9.47 Å². The highest BCUT2D eigenvalue weighted by Gasteiger charge is 2.17. The zero-order chi connectivity index (χ0) is 15.2. The van der Waals surface area contributed by atoms with E-state index in [1.807, 2.05) is 26.0 Å². The third-order valence-electron chi connectivity index (χ3n) is 3.34. The van der Waals surface area contributed by atoms with Crippen LogP contribution in [0.5, 0.6) is 11.5 Å². The number of halogens is 1. The normalized spacial score (nSPS) is 11.5. The second kappa shape index (κ2) is 7.75. The second-order valence-corrected chi connectivity index (χ2v) is 6.03. The zero-order valence-corrected chi connectivity index (χ0v) is 13.7. The second-order valence-electron chi connectivity index (χ2n) is 5.62. The molecule has 2 N–H and O–H groups in total. The van der Waals surface area contributed by atoms with Gasteiger partial charge in [0.15, 0.2) is 11.5 Å². The smallest absolute Gasteiger partial charge is 0.162 e.